The van der Waals surface area contributed by atoms with Gasteiger partial charge in [0.2, 0.25) is 17.7 Å². The van der Waals surface area contributed by atoms with E-state index in [0.717, 1.165) is 0 Å². The largest absolute Gasteiger partial charge is 0.480 e. The monoisotopic (exact) mass is 463 g/mol. The fraction of sp³-hybridized carbons (Fsp3) is 0.789. The molecule has 0 fully saturated rings. The van der Waals surface area contributed by atoms with Gasteiger partial charge in [-0.1, -0.05) is 13.8 Å². The zero-order chi connectivity index (χ0) is 24.0. The quantitative estimate of drug-likeness (QED) is 0.132. The number of amides is 3. The van der Waals surface area contributed by atoms with Crippen molar-refractivity contribution in [2.75, 3.05) is 25.2 Å². The Morgan fingerprint density at radius 1 is 0.935 bits per heavy atom. The molecular formula is C19H37N5O6S. The number of unbranched alkanes of at least 4 members (excludes halogenated alkanes) is 1. The number of nitrogens with one attached hydrogen (secondary N) is 3. The first-order chi connectivity index (χ1) is 14.6. The minimum absolute atomic E-state index is 0.310. The summed E-state index contributed by atoms with van der Waals surface area (Å²) < 4.78 is 0. The van der Waals surface area contributed by atoms with Gasteiger partial charge in [0.1, 0.15) is 18.1 Å². The van der Waals surface area contributed by atoms with Gasteiger partial charge >= 0.3 is 5.97 Å². The molecule has 31 heavy (non-hydrogen) atoms. The summed E-state index contributed by atoms with van der Waals surface area (Å²) in [5.74, 6) is -2.85. The zero-order valence-electron chi connectivity index (χ0n) is 18.4. The molecule has 0 radical (unpaired) electrons. The van der Waals surface area contributed by atoms with Crippen LogP contribution in [0.3, 0.4) is 0 Å². The van der Waals surface area contributed by atoms with Crippen LogP contribution in [0, 0.1) is 5.92 Å². The second-order valence-electron chi connectivity index (χ2n) is 7.55. The van der Waals surface area contributed by atoms with Crippen LogP contribution in [0.15, 0.2) is 0 Å². The molecule has 0 aromatic heterocycles. The lowest BCUT2D eigenvalue weighted by molar-refractivity contribution is -0.143. The van der Waals surface area contributed by atoms with E-state index in [1.54, 1.807) is 25.6 Å². The van der Waals surface area contributed by atoms with Gasteiger partial charge in [0.05, 0.1) is 12.6 Å². The lowest BCUT2D eigenvalue weighted by Gasteiger charge is -2.27. The molecule has 0 aliphatic heterocycles. The Bertz CT molecular complexity index is 592. The molecule has 180 valence electrons. The fourth-order valence-electron chi connectivity index (χ4n) is 2.65. The molecule has 0 bridgehead atoms. The van der Waals surface area contributed by atoms with Gasteiger partial charge < -0.3 is 37.6 Å². The number of carbonyl (C=O) groups is 4. The first kappa shape index (κ1) is 29.1. The number of hydrogen-bond acceptors (Lipinski definition) is 8. The van der Waals surface area contributed by atoms with E-state index in [9.17, 15) is 19.2 Å². The smallest absolute Gasteiger partial charge is 0.328 e. The molecule has 0 saturated heterocycles. The van der Waals surface area contributed by atoms with Crippen LogP contribution >= 0.6 is 11.8 Å². The molecular weight excluding hydrogens is 426 g/mol. The Balaban J connectivity index is 5.28. The van der Waals surface area contributed by atoms with Crippen molar-refractivity contribution in [3.8, 4) is 0 Å². The highest BCUT2D eigenvalue weighted by Crippen LogP contribution is 2.07. The summed E-state index contributed by atoms with van der Waals surface area (Å²) in [6.45, 7) is 3.01. The van der Waals surface area contributed by atoms with Gasteiger partial charge in [-0.15, -0.1) is 0 Å². The van der Waals surface area contributed by atoms with Crippen LogP contribution < -0.4 is 27.4 Å². The molecule has 0 saturated carbocycles. The summed E-state index contributed by atoms with van der Waals surface area (Å²) in [6.07, 6.45) is 3.91. The highest BCUT2D eigenvalue weighted by molar-refractivity contribution is 7.98. The van der Waals surface area contributed by atoms with E-state index in [0.29, 0.717) is 38.0 Å². The summed E-state index contributed by atoms with van der Waals surface area (Å²) in [7, 11) is 0. The van der Waals surface area contributed by atoms with Crippen LogP contribution in [0.2, 0.25) is 0 Å². The van der Waals surface area contributed by atoms with Gasteiger partial charge in [-0.2, -0.15) is 11.8 Å². The van der Waals surface area contributed by atoms with E-state index in [-0.39, 0.29) is 5.92 Å². The zero-order valence-corrected chi connectivity index (χ0v) is 19.2. The molecule has 4 atom stereocenters. The molecule has 0 aromatic rings. The summed E-state index contributed by atoms with van der Waals surface area (Å²) >= 11 is 1.56. The average Bonchev–Trinajstić information content (AvgIpc) is 2.72. The maximum Gasteiger partial charge on any atom is 0.328 e. The Morgan fingerprint density at radius 3 is 2.03 bits per heavy atom. The first-order valence-corrected chi connectivity index (χ1v) is 11.7. The Labute approximate surface area is 187 Å². The number of thioether (sulfide) groups is 1. The molecule has 0 heterocycles. The molecule has 4 unspecified atom stereocenters. The minimum Gasteiger partial charge on any atom is -0.480 e. The Hall–Kier alpha value is -1.89. The van der Waals surface area contributed by atoms with Gasteiger partial charge in [-0.3, -0.25) is 14.4 Å². The van der Waals surface area contributed by atoms with Crippen LogP contribution in [-0.2, 0) is 19.2 Å². The standard InChI is InChI=1S/C19H37N5O6S/c1-11(2)15(18(28)23-14(10-25)19(29)30)24-17(27)13(6-4-5-8-20)22-16(26)12(21)7-9-31-3/h11-15,25H,4-10,20-21H2,1-3H3,(H,22,26)(H,23,28)(H,24,27)(H,29,30). The number of hydrogen-bond donors (Lipinski definition) is 7. The molecule has 9 N–H and O–H groups in total. The van der Waals surface area contributed by atoms with Crippen molar-refractivity contribution in [1.82, 2.24) is 16.0 Å². The molecule has 0 aromatic carbocycles. The third-order valence-corrected chi connectivity index (χ3v) is 5.24. The van der Waals surface area contributed by atoms with Crippen molar-refractivity contribution in [3.05, 3.63) is 0 Å². The number of carboxylic acids is 1. The third-order valence-electron chi connectivity index (χ3n) is 4.59. The number of rotatable bonds is 16. The Kier molecular flexibility index (Phi) is 14.9. The molecule has 0 rings (SSSR count). The minimum atomic E-state index is -1.49. The van der Waals surface area contributed by atoms with Crippen molar-refractivity contribution >= 4 is 35.5 Å². The van der Waals surface area contributed by atoms with Crippen LogP contribution in [0.5, 0.6) is 0 Å². The van der Waals surface area contributed by atoms with Gasteiger partial charge in [0, 0.05) is 0 Å². The number of aliphatic hydroxyl groups excluding tert-OH is 1. The second-order valence-corrected chi connectivity index (χ2v) is 8.53. The fourth-order valence-corrected chi connectivity index (χ4v) is 3.14. The summed E-state index contributed by atoms with van der Waals surface area (Å²) in [6, 6.07) is -4.22. The molecule has 3 amide bonds. The highest BCUT2D eigenvalue weighted by Gasteiger charge is 2.31. The number of carbonyl (C=O) groups excluding carboxylic acids is 3. The van der Waals surface area contributed by atoms with Crippen LogP contribution in [0.25, 0.3) is 0 Å². The molecule has 0 aliphatic carbocycles. The predicted octanol–water partition coefficient (Wildman–Crippen LogP) is -1.62. The number of nitrogens with two attached hydrogens (primary N) is 2. The van der Waals surface area contributed by atoms with Gasteiger partial charge in [-0.25, -0.2) is 4.79 Å². The van der Waals surface area contributed by atoms with Crippen molar-refractivity contribution < 1.29 is 29.4 Å². The average molecular weight is 464 g/mol. The summed E-state index contributed by atoms with van der Waals surface area (Å²) in [5, 5.41) is 25.6. The highest BCUT2D eigenvalue weighted by atomic mass is 32.2. The summed E-state index contributed by atoms with van der Waals surface area (Å²) in [4.78, 5) is 48.8. The van der Waals surface area contributed by atoms with Crippen LogP contribution in [0.1, 0.15) is 39.5 Å². The second kappa shape index (κ2) is 15.8. The number of aliphatic carboxylic acids is 1. The molecule has 0 aliphatic rings. The van der Waals surface area contributed by atoms with Crippen molar-refractivity contribution in [2.45, 2.75) is 63.7 Å². The topological polar surface area (TPSA) is 197 Å². The van der Waals surface area contributed by atoms with E-state index in [2.05, 4.69) is 16.0 Å². The summed E-state index contributed by atoms with van der Waals surface area (Å²) in [5.41, 5.74) is 11.4. The van der Waals surface area contributed by atoms with Gasteiger partial charge in [0.25, 0.3) is 0 Å². The third kappa shape index (κ3) is 11.3. The Morgan fingerprint density at radius 2 is 1.55 bits per heavy atom. The van der Waals surface area contributed by atoms with Crippen molar-refractivity contribution in [3.63, 3.8) is 0 Å². The van der Waals surface area contributed by atoms with Crippen LogP contribution in [0.4, 0.5) is 0 Å². The van der Waals surface area contributed by atoms with Gasteiger partial charge in [-0.05, 0) is 50.2 Å². The maximum atomic E-state index is 12.9. The molecule has 12 heteroatoms. The van der Waals surface area contributed by atoms with Crippen molar-refractivity contribution in [1.29, 1.82) is 0 Å². The lowest BCUT2D eigenvalue weighted by Crippen LogP contribution is -2.58. The maximum absolute atomic E-state index is 12.9. The number of carboxylic acid groups (broad SMARTS) is 1. The molecule has 0 spiro atoms. The van der Waals surface area contributed by atoms with Gasteiger partial charge in [0.15, 0.2) is 0 Å². The van der Waals surface area contributed by atoms with E-state index >= 15 is 0 Å². The first-order valence-electron chi connectivity index (χ1n) is 10.3. The van der Waals surface area contributed by atoms with E-state index in [4.69, 9.17) is 21.7 Å². The van der Waals surface area contributed by atoms with E-state index in [1.165, 1.54) is 0 Å². The lowest BCUT2D eigenvalue weighted by atomic mass is 10.0. The SMILES string of the molecule is CSCCC(N)C(=O)NC(CCCCN)C(=O)NC(C(=O)NC(CO)C(=O)O)C(C)C. The molecule has 11 nitrogen and oxygen atoms in total. The number of aliphatic hydroxyl groups is 1. The van der Waals surface area contributed by atoms with Crippen molar-refractivity contribution in [2.24, 2.45) is 17.4 Å². The predicted molar refractivity (Wildman–Crippen MR) is 119 cm³/mol. The van der Waals surface area contributed by atoms with E-state index in [1.807, 2.05) is 6.26 Å². The van der Waals surface area contributed by atoms with Crippen LogP contribution in [-0.4, -0.2) is 83.2 Å². The van der Waals surface area contributed by atoms with E-state index < -0.39 is 54.5 Å². The normalized spacial score (nSPS) is 14.9.